The monoisotopic (exact) mass is 349 g/mol. The Morgan fingerprint density at radius 2 is 2.26 bits per heavy atom. The number of hydrogen-bond donors (Lipinski definition) is 2. The van der Waals surface area contributed by atoms with Gasteiger partial charge in [-0.05, 0) is 37.3 Å². The summed E-state index contributed by atoms with van der Waals surface area (Å²) in [6.07, 6.45) is 2.68. The van der Waals surface area contributed by atoms with Crippen molar-refractivity contribution in [1.82, 2.24) is 15.3 Å². The van der Waals surface area contributed by atoms with Crippen LogP contribution in [0.15, 0.2) is 34.1 Å². The highest BCUT2D eigenvalue weighted by Crippen LogP contribution is 2.41. The van der Waals surface area contributed by atoms with Gasteiger partial charge in [0.05, 0.1) is 5.56 Å². The number of nitrogens with one attached hydrogen (secondary N) is 2. The number of carbonyl (C=O) groups is 1. The number of aryl methyl sites for hydroxylation is 1. The van der Waals surface area contributed by atoms with Crippen molar-refractivity contribution in [2.75, 3.05) is 6.26 Å². The molecule has 1 aliphatic rings. The maximum Gasteiger partial charge on any atom is 0.346 e. The van der Waals surface area contributed by atoms with Crippen LogP contribution < -0.4 is 11.0 Å². The van der Waals surface area contributed by atoms with Crippen molar-refractivity contribution in [3.05, 3.63) is 56.6 Å². The minimum Gasteiger partial charge on any atom is -0.349 e. The quantitative estimate of drug-likeness (QED) is 0.657. The molecule has 0 bridgehead atoms. The molecule has 7 heteroatoms. The molecule has 0 spiro atoms. The number of H-pyrrole nitrogens is 1. The molecule has 2 aromatic rings. The Labute approximate surface area is 142 Å². The zero-order valence-corrected chi connectivity index (χ0v) is 14.3. The SMILES string of the molecule is CSc1nc(=O)[nH]c(C)c1C(=O)N[C@H]1C[C@H]1c1cccc(Cl)c1. The number of nitrogens with zero attached hydrogens (tertiary/aromatic N) is 1. The van der Waals surface area contributed by atoms with Crippen LogP contribution in [0.1, 0.15) is 34.0 Å². The van der Waals surface area contributed by atoms with Gasteiger partial charge in [0.2, 0.25) is 0 Å². The van der Waals surface area contributed by atoms with Crippen LogP contribution in [0.4, 0.5) is 0 Å². The highest BCUT2D eigenvalue weighted by molar-refractivity contribution is 7.98. The van der Waals surface area contributed by atoms with E-state index < -0.39 is 5.69 Å². The first kappa shape index (κ1) is 16.1. The van der Waals surface area contributed by atoms with Crippen LogP contribution in [0.25, 0.3) is 0 Å². The zero-order chi connectivity index (χ0) is 16.6. The van der Waals surface area contributed by atoms with Gasteiger partial charge in [0.1, 0.15) is 5.03 Å². The van der Waals surface area contributed by atoms with Crippen molar-refractivity contribution in [1.29, 1.82) is 0 Å². The molecule has 0 radical (unpaired) electrons. The molecule has 2 N–H and O–H groups in total. The Morgan fingerprint density at radius 3 is 2.96 bits per heavy atom. The number of rotatable bonds is 4. The number of amides is 1. The highest BCUT2D eigenvalue weighted by Gasteiger charge is 2.40. The topological polar surface area (TPSA) is 74.8 Å². The first-order valence-electron chi connectivity index (χ1n) is 7.21. The predicted molar refractivity (Wildman–Crippen MR) is 91.4 cm³/mol. The molecular formula is C16H16ClN3O2S. The second-order valence-corrected chi connectivity index (χ2v) is 6.76. The van der Waals surface area contributed by atoms with Gasteiger partial charge in [0.25, 0.3) is 5.91 Å². The lowest BCUT2D eigenvalue weighted by molar-refractivity contribution is 0.0945. The predicted octanol–water partition coefficient (Wildman–Crippen LogP) is 2.74. The molecule has 23 heavy (non-hydrogen) atoms. The number of thioether (sulfide) groups is 1. The Balaban J connectivity index is 1.76. The first-order chi connectivity index (χ1) is 11.0. The van der Waals surface area contributed by atoms with Crippen molar-refractivity contribution >= 4 is 29.3 Å². The maximum atomic E-state index is 12.5. The molecule has 2 atom stereocenters. The number of aromatic amines is 1. The number of halogens is 1. The summed E-state index contributed by atoms with van der Waals surface area (Å²) >= 11 is 7.30. The Morgan fingerprint density at radius 1 is 1.48 bits per heavy atom. The summed E-state index contributed by atoms with van der Waals surface area (Å²) in [6.45, 7) is 1.71. The fourth-order valence-electron chi connectivity index (χ4n) is 2.68. The molecule has 0 aliphatic heterocycles. The van der Waals surface area contributed by atoms with Gasteiger partial charge < -0.3 is 10.3 Å². The van der Waals surface area contributed by atoms with Crippen LogP contribution in [0, 0.1) is 6.92 Å². The van der Waals surface area contributed by atoms with E-state index in [1.165, 1.54) is 11.8 Å². The standard InChI is InChI=1S/C16H16ClN3O2S/c1-8-13(15(23-2)20-16(22)18-8)14(21)19-12-7-11(12)9-4-3-5-10(17)6-9/h3-6,11-12H,7H2,1-2H3,(H,19,21)(H,18,20,22)/t11-,12-/m0/s1. The zero-order valence-electron chi connectivity index (χ0n) is 12.7. The lowest BCUT2D eigenvalue weighted by Crippen LogP contribution is -2.30. The van der Waals surface area contributed by atoms with Gasteiger partial charge in [0, 0.05) is 22.7 Å². The number of hydrogen-bond acceptors (Lipinski definition) is 4. The Bertz CT molecular complexity index is 821. The number of carbonyl (C=O) groups excluding carboxylic acids is 1. The molecule has 1 heterocycles. The van der Waals surface area contributed by atoms with Gasteiger partial charge >= 0.3 is 5.69 Å². The third-order valence-electron chi connectivity index (χ3n) is 3.89. The molecule has 1 saturated carbocycles. The third-order valence-corrected chi connectivity index (χ3v) is 4.81. The van der Waals surface area contributed by atoms with Gasteiger partial charge in [-0.15, -0.1) is 11.8 Å². The van der Waals surface area contributed by atoms with E-state index in [-0.39, 0.29) is 17.9 Å². The minimum atomic E-state index is -0.438. The molecule has 3 rings (SSSR count). The summed E-state index contributed by atoms with van der Waals surface area (Å²) in [5.41, 5.74) is 1.66. The largest absolute Gasteiger partial charge is 0.349 e. The van der Waals surface area contributed by atoms with Gasteiger partial charge in [-0.1, -0.05) is 23.7 Å². The van der Waals surface area contributed by atoms with E-state index in [0.29, 0.717) is 21.3 Å². The highest BCUT2D eigenvalue weighted by atomic mass is 35.5. The lowest BCUT2D eigenvalue weighted by atomic mass is 10.1. The van der Waals surface area contributed by atoms with E-state index in [0.717, 1.165) is 12.0 Å². The minimum absolute atomic E-state index is 0.0852. The van der Waals surface area contributed by atoms with E-state index >= 15 is 0 Å². The average Bonchev–Trinajstić information content (AvgIpc) is 3.25. The van der Waals surface area contributed by atoms with E-state index in [2.05, 4.69) is 15.3 Å². The van der Waals surface area contributed by atoms with Gasteiger partial charge in [0.15, 0.2) is 0 Å². The van der Waals surface area contributed by atoms with Crippen LogP contribution in [0.2, 0.25) is 5.02 Å². The lowest BCUT2D eigenvalue weighted by Gasteiger charge is -2.10. The van der Waals surface area contributed by atoms with Crippen LogP contribution in [0.5, 0.6) is 0 Å². The van der Waals surface area contributed by atoms with Gasteiger partial charge in [-0.2, -0.15) is 4.98 Å². The molecule has 1 aromatic carbocycles. The number of benzene rings is 1. The van der Waals surface area contributed by atoms with Crippen LogP contribution in [-0.2, 0) is 0 Å². The van der Waals surface area contributed by atoms with Gasteiger partial charge in [-0.25, -0.2) is 4.79 Å². The van der Waals surface area contributed by atoms with Crippen LogP contribution >= 0.6 is 23.4 Å². The molecule has 1 fully saturated rings. The first-order valence-corrected chi connectivity index (χ1v) is 8.81. The fraction of sp³-hybridized carbons (Fsp3) is 0.312. The van der Waals surface area contributed by atoms with E-state index in [4.69, 9.17) is 11.6 Å². The smallest absolute Gasteiger partial charge is 0.346 e. The molecule has 1 aliphatic carbocycles. The Hall–Kier alpha value is -1.79. The summed E-state index contributed by atoms with van der Waals surface area (Å²) in [7, 11) is 0. The van der Waals surface area contributed by atoms with E-state index in [1.807, 2.05) is 24.3 Å². The normalized spacial score (nSPS) is 19.4. The molecule has 1 aromatic heterocycles. The molecule has 5 nitrogen and oxygen atoms in total. The average molecular weight is 350 g/mol. The van der Waals surface area contributed by atoms with E-state index in [9.17, 15) is 9.59 Å². The van der Waals surface area contributed by atoms with Crippen molar-refractivity contribution in [2.45, 2.75) is 30.3 Å². The van der Waals surface area contributed by atoms with Gasteiger partial charge in [-0.3, -0.25) is 4.79 Å². The summed E-state index contributed by atoms with van der Waals surface area (Å²) in [4.78, 5) is 30.4. The van der Waals surface area contributed by atoms with Crippen molar-refractivity contribution < 1.29 is 4.79 Å². The summed E-state index contributed by atoms with van der Waals surface area (Å²) in [6, 6.07) is 7.78. The van der Waals surface area contributed by atoms with E-state index in [1.54, 1.807) is 13.2 Å². The fourth-order valence-corrected chi connectivity index (χ4v) is 3.50. The second-order valence-electron chi connectivity index (χ2n) is 5.53. The molecular weight excluding hydrogens is 334 g/mol. The van der Waals surface area contributed by atoms with Crippen molar-refractivity contribution in [3.8, 4) is 0 Å². The third kappa shape index (κ3) is 3.43. The van der Waals surface area contributed by atoms with Crippen molar-refractivity contribution in [2.24, 2.45) is 0 Å². The Kier molecular flexibility index (Phi) is 4.46. The summed E-state index contributed by atoms with van der Waals surface area (Å²) in [5.74, 6) is 0.0801. The number of aromatic nitrogens is 2. The molecule has 1 amide bonds. The van der Waals surface area contributed by atoms with Crippen LogP contribution in [-0.4, -0.2) is 28.2 Å². The maximum absolute atomic E-state index is 12.5. The van der Waals surface area contributed by atoms with Crippen molar-refractivity contribution in [3.63, 3.8) is 0 Å². The van der Waals surface area contributed by atoms with Crippen LogP contribution in [0.3, 0.4) is 0 Å². The molecule has 120 valence electrons. The molecule has 0 saturated heterocycles. The summed E-state index contributed by atoms with van der Waals surface area (Å²) in [5, 5.41) is 4.16. The second kappa shape index (κ2) is 6.37. The summed E-state index contributed by atoms with van der Waals surface area (Å²) < 4.78 is 0. The molecule has 0 unspecified atom stereocenters.